The maximum atomic E-state index is 13.1. The Kier molecular flexibility index (Phi) is 7.04. The van der Waals surface area contributed by atoms with Crippen LogP contribution in [0.5, 0.6) is 0 Å². The van der Waals surface area contributed by atoms with Crippen molar-refractivity contribution >= 4 is 23.5 Å². The van der Waals surface area contributed by atoms with Crippen LogP contribution in [0.3, 0.4) is 0 Å². The monoisotopic (exact) mass is 457 g/mol. The standard InChI is InChI=1S/C26H23N3O5/c27-13-7-14-28(21-10-2-1-3-11-21)24(30)18-34-26(32)22-16-19-8-4-5-9-20(19)17-29(22)25(31)23-12-6-15-33-23/h1-6,8-12,15,22H,7,14,16-18H2. The zero-order valence-corrected chi connectivity index (χ0v) is 18.4. The SMILES string of the molecule is N#CCCN(C(=O)COC(=O)C1Cc2ccccc2CN1C(=O)c1ccco1)c1ccccc1. The number of esters is 1. The molecule has 1 aromatic heterocycles. The lowest BCUT2D eigenvalue weighted by molar-refractivity contribution is -0.153. The number of fused-ring (bicyclic) bond motifs is 1. The van der Waals surface area contributed by atoms with Crippen molar-refractivity contribution in [3.8, 4) is 6.07 Å². The van der Waals surface area contributed by atoms with Crippen molar-refractivity contribution in [2.24, 2.45) is 0 Å². The fraction of sp³-hybridized carbons (Fsp3) is 0.231. The second kappa shape index (κ2) is 10.5. The van der Waals surface area contributed by atoms with Crippen molar-refractivity contribution in [3.63, 3.8) is 0 Å². The van der Waals surface area contributed by atoms with E-state index in [2.05, 4.69) is 0 Å². The first kappa shape index (κ1) is 22.8. The maximum absolute atomic E-state index is 13.1. The molecule has 0 aliphatic carbocycles. The number of carbonyl (C=O) groups is 3. The Bertz CT molecular complexity index is 1200. The molecule has 3 aromatic rings. The van der Waals surface area contributed by atoms with Gasteiger partial charge in [0.1, 0.15) is 6.04 Å². The molecule has 4 rings (SSSR count). The van der Waals surface area contributed by atoms with Gasteiger partial charge in [-0.05, 0) is 35.4 Å². The molecular weight excluding hydrogens is 434 g/mol. The zero-order chi connectivity index (χ0) is 23.9. The lowest BCUT2D eigenvalue weighted by Gasteiger charge is -2.35. The number of hydrogen-bond donors (Lipinski definition) is 0. The zero-order valence-electron chi connectivity index (χ0n) is 18.4. The van der Waals surface area contributed by atoms with Gasteiger partial charge in [0.05, 0.1) is 18.8 Å². The highest BCUT2D eigenvalue weighted by molar-refractivity contribution is 5.97. The van der Waals surface area contributed by atoms with Gasteiger partial charge in [0.2, 0.25) is 0 Å². The lowest BCUT2D eigenvalue weighted by Crippen LogP contribution is -2.50. The minimum atomic E-state index is -0.899. The van der Waals surface area contributed by atoms with Gasteiger partial charge in [0.25, 0.3) is 11.8 Å². The van der Waals surface area contributed by atoms with Crippen LogP contribution in [0.15, 0.2) is 77.4 Å². The molecule has 0 radical (unpaired) electrons. The van der Waals surface area contributed by atoms with Crippen LogP contribution in [0.4, 0.5) is 5.69 Å². The molecule has 1 unspecified atom stereocenters. The summed E-state index contributed by atoms with van der Waals surface area (Å²) < 4.78 is 10.7. The van der Waals surface area contributed by atoms with Crippen molar-refractivity contribution < 1.29 is 23.5 Å². The molecule has 0 saturated heterocycles. The molecule has 8 nitrogen and oxygen atoms in total. The van der Waals surface area contributed by atoms with Gasteiger partial charge in [0, 0.05) is 25.2 Å². The Morgan fingerprint density at radius 2 is 1.76 bits per heavy atom. The summed E-state index contributed by atoms with van der Waals surface area (Å²) in [5.74, 6) is -1.42. The van der Waals surface area contributed by atoms with Gasteiger partial charge in [-0.3, -0.25) is 9.59 Å². The predicted molar refractivity (Wildman–Crippen MR) is 122 cm³/mol. The molecule has 0 spiro atoms. The highest BCUT2D eigenvalue weighted by atomic mass is 16.5. The quantitative estimate of drug-likeness (QED) is 0.504. The minimum Gasteiger partial charge on any atom is -0.459 e. The first-order valence-corrected chi connectivity index (χ1v) is 10.9. The van der Waals surface area contributed by atoms with Gasteiger partial charge in [-0.1, -0.05) is 42.5 Å². The molecule has 8 heteroatoms. The van der Waals surface area contributed by atoms with Crippen LogP contribution >= 0.6 is 0 Å². The van der Waals surface area contributed by atoms with E-state index in [1.54, 1.807) is 36.4 Å². The summed E-state index contributed by atoms with van der Waals surface area (Å²) in [5.41, 5.74) is 2.49. The molecule has 2 aromatic carbocycles. The number of amides is 2. The summed E-state index contributed by atoms with van der Waals surface area (Å²) in [4.78, 5) is 41.9. The van der Waals surface area contributed by atoms with Gasteiger partial charge in [-0.25, -0.2) is 4.79 Å². The second-order valence-electron chi connectivity index (χ2n) is 7.80. The topological polar surface area (TPSA) is 104 Å². The molecule has 1 aliphatic heterocycles. The first-order valence-electron chi connectivity index (χ1n) is 10.9. The highest BCUT2D eigenvalue weighted by Crippen LogP contribution is 2.26. The first-order chi connectivity index (χ1) is 16.6. The van der Waals surface area contributed by atoms with E-state index >= 15 is 0 Å². The Morgan fingerprint density at radius 3 is 2.47 bits per heavy atom. The fourth-order valence-corrected chi connectivity index (χ4v) is 3.96. The summed E-state index contributed by atoms with van der Waals surface area (Å²) in [5, 5.41) is 8.95. The Hall–Kier alpha value is -4.38. The van der Waals surface area contributed by atoms with Crippen LogP contribution in [0.25, 0.3) is 0 Å². The van der Waals surface area contributed by atoms with E-state index in [1.165, 1.54) is 16.1 Å². The van der Waals surface area contributed by atoms with E-state index in [0.29, 0.717) is 5.69 Å². The van der Waals surface area contributed by atoms with Crippen LogP contribution in [0.1, 0.15) is 28.1 Å². The third kappa shape index (κ3) is 4.99. The number of ether oxygens (including phenoxy) is 1. The summed E-state index contributed by atoms with van der Waals surface area (Å²) in [6.07, 6.45) is 1.81. The van der Waals surface area contributed by atoms with Crippen molar-refractivity contribution in [2.45, 2.75) is 25.4 Å². The molecule has 1 aliphatic rings. The van der Waals surface area contributed by atoms with E-state index in [0.717, 1.165) is 11.1 Å². The molecule has 172 valence electrons. The van der Waals surface area contributed by atoms with Crippen LogP contribution in [0.2, 0.25) is 0 Å². The lowest BCUT2D eigenvalue weighted by atomic mass is 9.93. The average Bonchev–Trinajstić information content (AvgIpc) is 3.42. The molecular formula is C26H23N3O5. The van der Waals surface area contributed by atoms with E-state index in [4.69, 9.17) is 14.4 Å². The number of nitriles is 1. The smallest absolute Gasteiger partial charge is 0.329 e. The van der Waals surface area contributed by atoms with Crippen molar-refractivity contribution in [1.82, 2.24) is 4.90 Å². The Balaban J connectivity index is 1.50. The van der Waals surface area contributed by atoms with E-state index in [-0.39, 0.29) is 31.7 Å². The van der Waals surface area contributed by atoms with Gasteiger partial charge in [-0.2, -0.15) is 5.26 Å². The molecule has 34 heavy (non-hydrogen) atoms. The fourth-order valence-electron chi connectivity index (χ4n) is 3.96. The Morgan fingerprint density at radius 1 is 1.03 bits per heavy atom. The minimum absolute atomic E-state index is 0.125. The predicted octanol–water partition coefficient (Wildman–Crippen LogP) is 3.34. The van der Waals surface area contributed by atoms with Crippen LogP contribution in [0, 0.1) is 11.3 Å². The number of rotatable bonds is 7. The molecule has 2 amide bonds. The highest BCUT2D eigenvalue weighted by Gasteiger charge is 2.37. The van der Waals surface area contributed by atoms with Crippen LogP contribution in [-0.2, 0) is 27.3 Å². The third-order valence-corrected chi connectivity index (χ3v) is 5.67. The number of nitrogens with zero attached hydrogens (tertiary/aromatic N) is 3. The maximum Gasteiger partial charge on any atom is 0.329 e. The van der Waals surface area contributed by atoms with Crippen molar-refractivity contribution in [2.75, 3.05) is 18.1 Å². The van der Waals surface area contributed by atoms with Gasteiger partial charge < -0.3 is 19.0 Å². The number of furan rings is 1. The van der Waals surface area contributed by atoms with Crippen LogP contribution in [-0.4, -0.2) is 41.9 Å². The van der Waals surface area contributed by atoms with Crippen molar-refractivity contribution in [1.29, 1.82) is 5.26 Å². The van der Waals surface area contributed by atoms with Gasteiger partial charge in [-0.15, -0.1) is 0 Å². The summed E-state index contributed by atoms with van der Waals surface area (Å²) in [7, 11) is 0. The summed E-state index contributed by atoms with van der Waals surface area (Å²) in [6.45, 7) is -0.0986. The number of hydrogen-bond acceptors (Lipinski definition) is 6. The Labute approximate surface area is 196 Å². The second-order valence-corrected chi connectivity index (χ2v) is 7.80. The molecule has 0 N–H and O–H groups in total. The van der Waals surface area contributed by atoms with Gasteiger partial charge >= 0.3 is 5.97 Å². The molecule has 0 fully saturated rings. The van der Waals surface area contributed by atoms with Gasteiger partial charge in [0.15, 0.2) is 12.4 Å². The van der Waals surface area contributed by atoms with Crippen LogP contribution < -0.4 is 4.90 Å². The number of para-hydroxylation sites is 1. The van der Waals surface area contributed by atoms with E-state index in [9.17, 15) is 14.4 Å². The van der Waals surface area contributed by atoms with E-state index in [1.807, 2.05) is 36.4 Å². The number of benzene rings is 2. The summed E-state index contributed by atoms with van der Waals surface area (Å²) >= 11 is 0. The van der Waals surface area contributed by atoms with Crippen molar-refractivity contribution in [3.05, 3.63) is 89.9 Å². The molecule has 1 atom stereocenters. The number of anilines is 1. The molecule has 0 bridgehead atoms. The summed E-state index contributed by atoms with van der Waals surface area (Å²) in [6, 6.07) is 20.7. The molecule has 2 heterocycles. The third-order valence-electron chi connectivity index (χ3n) is 5.67. The number of carbonyl (C=O) groups excluding carboxylic acids is 3. The average molecular weight is 457 g/mol. The largest absolute Gasteiger partial charge is 0.459 e. The normalized spacial score (nSPS) is 14.6. The van der Waals surface area contributed by atoms with E-state index < -0.39 is 30.4 Å². The molecule has 0 saturated carbocycles.